The predicted molar refractivity (Wildman–Crippen MR) is 83.0 cm³/mol. The Morgan fingerprint density at radius 2 is 1.92 bits per heavy atom. The number of nitrogens with zero attached hydrogens (tertiary/aromatic N) is 4. The fourth-order valence-electron chi connectivity index (χ4n) is 2.94. The molecule has 2 heterocycles. The number of hydrogen-bond acceptors (Lipinski definition) is 6. The van der Waals surface area contributed by atoms with E-state index in [1.54, 1.807) is 0 Å². The fraction of sp³-hybridized carbons (Fsp3) is 0.562. The van der Waals surface area contributed by atoms with Gasteiger partial charge >= 0.3 is 6.18 Å². The lowest BCUT2D eigenvalue weighted by molar-refractivity contribution is -0.141. The number of carbonyl (C=O) groups excluding carboxylic acids is 1. The summed E-state index contributed by atoms with van der Waals surface area (Å²) in [5.74, 6) is 0.0625. The summed E-state index contributed by atoms with van der Waals surface area (Å²) in [7, 11) is 0. The molecule has 26 heavy (non-hydrogen) atoms. The van der Waals surface area contributed by atoms with Crippen LogP contribution < -0.4 is 5.32 Å². The van der Waals surface area contributed by atoms with Gasteiger partial charge in [0.25, 0.3) is 5.91 Å². The van der Waals surface area contributed by atoms with E-state index in [9.17, 15) is 18.0 Å². The molecular weight excluding hydrogens is 351 g/mol. The van der Waals surface area contributed by atoms with Gasteiger partial charge in [0.2, 0.25) is 5.89 Å². The number of nitrogens with one attached hydrogen (secondary N) is 1. The molecule has 2 aromatic rings. The second-order valence-corrected chi connectivity index (χ2v) is 6.64. The van der Waals surface area contributed by atoms with Crippen LogP contribution in [0.25, 0.3) is 0 Å². The quantitative estimate of drug-likeness (QED) is 0.889. The van der Waals surface area contributed by atoms with Crippen LogP contribution in [0.15, 0.2) is 16.9 Å². The molecule has 1 aliphatic carbocycles. The van der Waals surface area contributed by atoms with E-state index in [-0.39, 0.29) is 5.92 Å². The van der Waals surface area contributed by atoms with E-state index in [2.05, 4.69) is 25.4 Å². The molecule has 0 bridgehead atoms. The van der Waals surface area contributed by atoms with E-state index in [1.165, 1.54) is 0 Å². The van der Waals surface area contributed by atoms with Crippen LogP contribution in [-0.4, -0.2) is 26.0 Å². The summed E-state index contributed by atoms with van der Waals surface area (Å²) < 4.78 is 43.6. The summed E-state index contributed by atoms with van der Waals surface area (Å²) in [6.45, 7) is 3.80. The molecule has 1 N–H and O–H groups in total. The van der Waals surface area contributed by atoms with Crippen molar-refractivity contribution in [2.75, 3.05) is 0 Å². The molecule has 7 nitrogen and oxygen atoms in total. The molecule has 0 aliphatic heterocycles. The van der Waals surface area contributed by atoms with Gasteiger partial charge in [0, 0.05) is 5.92 Å². The van der Waals surface area contributed by atoms with Gasteiger partial charge in [0.15, 0.2) is 11.5 Å². The standard InChI is InChI=1S/C16H18F3N5O2/c1-9(2)13-22-14(24-26-13)15(5-3-4-6-15)23-12(25)10-7-20-8-11(21-10)16(17,18)19/h7-9H,3-6H2,1-2H3,(H,23,25). The zero-order valence-electron chi connectivity index (χ0n) is 14.3. The largest absolute Gasteiger partial charge is 0.434 e. The molecule has 1 saturated carbocycles. The van der Waals surface area contributed by atoms with Crippen LogP contribution in [0.2, 0.25) is 0 Å². The maximum Gasteiger partial charge on any atom is 0.434 e. The van der Waals surface area contributed by atoms with Gasteiger partial charge in [-0.2, -0.15) is 18.2 Å². The molecule has 0 radical (unpaired) electrons. The highest BCUT2D eigenvalue weighted by molar-refractivity contribution is 5.92. The molecule has 0 aromatic carbocycles. The minimum Gasteiger partial charge on any atom is -0.339 e. The van der Waals surface area contributed by atoms with Gasteiger partial charge in [-0.05, 0) is 12.8 Å². The van der Waals surface area contributed by atoms with Crippen LogP contribution in [0.1, 0.15) is 73.3 Å². The normalized spacial score (nSPS) is 16.8. The maximum absolute atomic E-state index is 12.8. The minimum atomic E-state index is -4.67. The number of halogens is 3. The average molecular weight is 369 g/mol. The van der Waals surface area contributed by atoms with E-state index < -0.39 is 29.0 Å². The number of alkyl halides is 3. The van der Waals surface area contributed by atoms with Crippen LogP contribution in [0.3, 0.4) is 0 Å². The van der Waals surface area contributed by atoms with Gasteiger partial charge in [0.1, 0.15) is 11.2 Å². The molecular formula is C16H18F3N5O2. The van der Waals surface area contributed by atoms with E-state index >= 15 is 0 Å². The van der Waals surface area contributed by atoms with Crippen molar-refractivity contribution in [3.8, 4) is 0 Å². The van der Waals surface area contributed by atoms with Gasteiger partial charge in [-0.25, -0.2) is 4.98 Å². The summed E-state index contributed by atoms with van der Waals surface area (Å²) in [4.78, 5) is 23.7. The highest BCUT2D eigenvalue weighted by atomic mass is 19.4. The van der Waals surface area contributed by atoms with Crippen molar-refractivity contribution in [1.29, 1.82) is 0 Å². The van der Waals surface area contributed by atoms with Crippen LogP contribution in [0, 0.1) is 0 Å². The van der Waals surface area contributed by atoms with Crippen molar-refractivity contribution in [1.82, 2.24) is 25.4 Å². The zero-order valence-corrected chi connectivity index (χ0v) is 14.3. The molecule has 1 fully saturated rings. The van der Waals surface area contributed by atoms with Gasteiger partial charge in [-0.15, -0.1) is 0 Å². The summed E-state index contributed by atoms with van der Waals surface area (Å²) in [5.41, 5.74) is -2.49. The van der Waals surface area contributed by atoms with Gasteiger partial charge in [-0.3, -0.25) is 9.78 Å². The van der Waals surface area contributed by atoms with E-state index in [0.29, 0.717) is 30.8 Å². The topological polar surface area (TPSA) is 93.8 Å². The molecule has 1 amide bonds. The van der Waals surface area contributed by atoms with Crippen LogP contribution >= 0.6 is 0 Å². The molecule has 0 saturated heterocycles. The Hall–Kier alpha value is -2.52. The van der Waals surface area contributed by atoms with Crippen molar-refractivity contribution >= 4 is 5.91 Å². The van der Waals surface area contributed by atoms with Crippen LogP contribution in [-0.2, 0) is 11.7 Å². The Bertz CT molecular complexity index is 797. The summed E-state index contributed by atoms with van der Waals surface area (Å²) in [5, 5.41) is 6.74. The van der Waals surface area contributed by atoms with Crippen molar-refractivity contribution in [2.45, 2.75) is 57.2 Å². The van der Waals surface area contributed by atoms with Crippen molar-refractivity contribution in [2.24, 2.45) is 0 Å². The fourth-order valence-corrected chi connectivity index (χ4v) is 2.94. The molecule has 0 unspecified atom stereocenters. The maximum atomic E-state index is 12.8. The van der Waals surface area contributed by atoms with Gasteiger partial charge in [-0.1, -0.05) is 31.8 Å². The third kappa shape index (κ3) is 3.54. The Morgan fingerprint density at radius 1 is 1.23 bits per heavy atom. The lowest BCUT2D eigenvalue weighted by Crippen LogP contribution is -2.45. The molecule has 1 aliphatic rings. The second kappa shape index (κ2) is 6.65. The van der Waals surface area contributed by atoms with E-state index in [0.717, 1.165) is 19.0 Å². The van der Waals surface area contributed by atoms with E-state index in [4.69, 9.17) is 4.52 Å². The average Bonchev–Trinajstić information content (AvgIpc) is 3.24. The number of hydrogen-bond donors (Lipinski definition) is 1. The Kier molecular flexibility index (Phi) is 4.68. The third-order valence-electron chi connectivity index (χ3n) is 4.33. The number of carbonyl (C=O) groups is 1. The highest BCUT2D eigenvalue weighted by Crippen LogP contribution is 2.38. The first-order valence-electron chi connectivity index (χ1n) is 8.27. The monoisotopic (exact) mass is 369 g/mol. The molecule has 2 aromatic heterocycles. The molecule has 10 heteroatoms. The van der Waals surface area contributed by atoms with E-state index in [1.807, 2.05) is 13.8 Å². The summed E-state index contributed by atoms with van der Waals surface area (Å²) >= 11 is 0. The second-order valence-electron chi connectivity index (χ2n) is 6.64. The van der Waals surface area contributed by atoms with Crippen molar-refractivity contribution in [3.05, 3.63) is 35.5 Å². The SMILES string of the molecule is CC(C)c1nc(C2(NC(=O)c3cncc(C(F)(F)F)n3)CCCC2)no1. The molecule has 0 spiro atoms. The Balaban J connectivity index is 1.87. The molecule has 140 valence electrons. The molecule has 3 rings (SSSR count). The molecule has 0 atom stereocenters. The van der Waals surface area contributed by atoms with Gasteiger partial charge in [0.05, 0.1) is 12.4 Å². The van der Waals surface area contributed by atoms with Crippen LogP contribution in [0.5, 0.6) is 0 Å². The minimum absolute atomic E-state index is 0.0275. The summed E-state index contributed by atoms with van der Waals surface area (Å²) in [6, 6.07) is 0. The first kappa shape index (κ1) is 18.3. The van der Waals surface area contributed by atoms with Crippen molar-refractivity contribution < 1.29 is 22.5 Å². The Morgan fingerprint density at radius 3 is 2.50 bits per heavy atom. The van der Waals surface area contributed by atoms with Crippen molar-refractivity contribution in [3.63, 3.8) is 0 Å². The van der Waals surface area contributed by atoms with Gasteiger partial charge < -0.3 is 9.84 Å². The highest BCUT2D eigenvalue weighted by Gasteiger charge is 2.42. The Labute approximate surface area is 147 Å². The first-order chi connectivity index (χ1) is 12.2. The number of aromatic nitrogens is 4. The van der Waals surface area contributed by atoms with Crippen LogP contribution in [0.4, 0.5) is 13.2 Å². The third-order valence-corrected chi connectivity index (χ3v) is 4.33. The number of amides is 1. The zero-order chi connectivity index (χ0) is 18.9. The first-order valence-corrected chi connectivity index (χ1v) is 8.27. The predicted octanol–water partition coefficient (Wildman–Crippen LogP) is 3.20. The smallest absolute Gasteiger partial charge is 0.339 e. The lowest BCUT2D eigenvalue weighted by Gasteiger charge is -2.26. The number of rotatable bonds is 4. The lowest BCUT2D eigenvalue weighted by atomic mass is 9.96. The summed E-state index contributed by atoms with van der Waals surface area (Å²) in [6.07, 6.45) is -0.280.